The van der Waals surface area contributed by atoms with E-state index in [0.29, 0.717) is 16.9 Å². The number of ether oxygens (including phenoxy) is 2. The maximum absolute atomic E-state index is 11.5. The van der Waals surface area contributed by atoms with E-state index < -0.39 is 0 Å². The average Bonchev–Trinajstić information content (AvgIpc) is 2.52. The molecule has 0 aliphatic heterocycles. The molecule has 1 rings (SSSR count). The molecule has 1 atom stereocenters. The highest BCUT2D eigenvalue weighted by molar-refractivity contribution is 8.00. The summed E-state index contributed by atoms with van der Waals surface area (Å²) in [6.07, 6.45) is 1.68. The predicted octanol–water partition coefficient (Wildman–Crippen LogP) is 2.26. The van der Waals surface area contributed by atoms with Gasteiger partial charge < -0.3 is 14.4 Å². The van der Waals surface area contributed by atoms with Crippen molar-refractivity contribution in [2.45, 2.75) is 31.2 Å². The predicted molar refractivity (Wildman–Crippen MR) is 94.9 cm³/mol. The normalized spacial score (nSPS) is 12.8. The molecular weight excluding hydrogens is 330 g/mol. The fourth-order valence-corrected chi connectivity index (χ4v) is 2.44. The molecule has 1 aromatic rings. The minimum absolute atomic E-state index is 0.0724. The Labute approximate surface area is 147 Å². The molecular formula is C15H25N5O3S. The number of carbonyl (C=O) groups excluding carboxylic acids is 1. The maximum atomic E-state index is 11.5. The lowest BCUT2D eigenvalue weighted by Gasteiger charge is -2.26. The van der Waals surface area contributed by atoms with Crippen molar-refractivity contribution in [2.24, 2.45) is 10.5 Å². The van der Waals surface area contributed by atoms with Gasteiger partial charge in [0.15, 0.2) is 5.16 Å². The maximum Gasteiger partial charge on any atom is 0.337 e. The number of thioether (sulfide) groups is 1. The molecule has 1 aromatic heterocycles. The average molecular weight is 355 g/mol. The van der Waals surface area contributed by atoms with Crippen LogP contribution < -0.4 is 14.9 Å². The van der Waals surface area contributed by atoms with Crippen molar-refractivity contribution >= 4 is 24.0 Å². The van der Waals surface area contributed by atoms with Crippen molar-refractivity contribution < 1.29 is 14.3 Å². The van der Waals surface area contributed by atoms with Crippen LogP contribution in [0, 0.1) is 5.41 Å². The summed E-state index contributed by atoms with van der Waals surface area (Å²) in [5.74, 6) is 0.852. The Morgan fingerprint density at radius 3 is 2.25 bits per heavy atom. The number of nitrogens with one attached hydrogen (secondary N) is 1. The molecule has 0 saturated heterocycles. The van der Waals surface area contributed by atoms with Crippen molar-refractivity contribution in [1.29, 1.82) is 0 Å². The van der Waals surface area contributed by atoms with Crippen molar-refractivity contribution in [1.82, 2.24) is 20.3 Å². The molecule has 0 radical (unpaired) electrons. The fourth-order valence-electron chi connectivity index (χ4n) is 1.45. The summed E-state index contributed by atoms with van der Waals surface area (Å²) in [6.45, 7) is 6.21. The highest BCUT2D eigenvalue weighted by atomic mass is 32.2. The molecule has 24 heavy (non-hydrogen) atoms. The molecule has 0 saturated carbocycles. The number of hydrogen-bond acceptors (Lipinski definition) is 7. The summed E-state index contributed by atoms with van der Waals surface area (Å²) >= 11 is 1.42. The number of hydrazone groups is 1. The van der Waals surface area contributed by atoms with E-state index in [1.54, 1.807) is 26.4 Å². The number of hydrogen-bond donors (Lipinski definition) is 1. The lowest BCUT2D eigenvalue weighted by atomic mass is 9.92. The summed E-state index contributed by atoms with van der Waals surface area (Å²) in [6, 6.07) is 1.32. The Hall–Kier alpha value is -2.03. The number of carbonyl (C=O) groups is 1. The lowest BCUT2D eigenvalue weighted by Crippen LogP contribution is -2.32. The van der Waals surface area contributed by atoms with E-state index in [1.165, 1.54) is 30.9 Å². The van der Waals surface area contributed by atoms with Gasteiger partial charge in [0.2, 0.25) is 11.8 Å². The molecule has 8 nitrogen and oxygen atoms in total. The van der Waals surface area contributed by atoms with Gasteiger partial charge in [0.1, 0.15) is 0 Å². The monoisotopic (exact) mass is 355 g/mol. The van der Waals surface area contributed by atoms with Gasteiger partial charge in [0.25, 0.3) is 0 Å². The van der Waals surface area contributed by atoms with E-state index in [2.05, 4.69) is 41.3 Å². The van der Waals surface area contributed by atoms with Gasteiger partial charge in [0, 0.05) is 20.3 Å². The van der Waals surface area contributed by atoms with Crippen molar-refractivity contribution in [2.75, 3.05) is 28.3 Å². The quantitative estimate of drug-likeness (QED) is 0.364. The van der Waals surface area contributed by atoms with Crippen LogP contribution in [0.4, 0.5) is 4.79 Å². The van der Waals surface area contributed by atoms with Crippen LogP contribution in [0.1, 0.15) is 20.8 Å². The molecule has 2 amide bonds. The number of methoxy groups -OCH3 is 2. The molecule has 1 N–H and O–H groups in total. The third-order valence-corrected chi connectivity index (χ3v) is 4.42. The topological polar surface area (TPSA) is 88.9 Å². The second-order valence-corrected chi connectivity index (χ2v) is 7.34. The number of rotatable bonds is 6. The number of aromatic nitrogens is 2. The highest BCUT2D eigenvalue weighted by Crippen LogP contribution is 2.34. The van der Waals surface area contributed by atoms with Crippen molar-refractivity contribution in [3.63, 3.8) is 0 Å². The number of urea groups is 1. The van der Waals surface area contributed by atoms with Crippen LogP contribution in [0.25, 0.3) is 0 Å². The molecule has 0 aliphatic rings. The van der Waals surface area contributed by atoms with Crippen LogP contribution in [-0.2, 0) is 0 Å². The van der Waals surface area contributed by atoms with E-state index in [9.17, 15) is 4.79 Å². The first kappa shape index (κ1) is 20.0. The van der Waals surface area contributed by atoms with Gasteiger partial charge in [-0.1, -0.05) is 32.5 Å². The summed E-state index contributed by atoms with van der Waals surface area (Å²) in [7, 11) is 6.37. The molecule has 0 bridgehead atoms. The second kappa shape index (κ2) is 8.72. The van der Waals surface area contributed by atoms with Gasteiger partial charge in [-0.05, 0) is 5.41 Å². The first-order chi connectivity index (χ1) is 11.2. The zero-order valence-electron chi connectivity index (χ0n) is 15.2. The first-order valence-electron chi connectivity index (χ1n) is 7.31. The Bertz CT molecular complexity index is 565. The number of amides is 2. The van der Waals surface area contributed by atoms with Gasteiger partial charge in [-0.2, -0.15) is 15.1 Å². The van der Waals surface area contributed by atoms with E-state index >= 15 is 0 Å². The summed E-state index contributed by atoms with van der Waals surface area (Å²) in [5.41, 5.74) is 2.34. The third-order valence-electron chi connectivity index (χ3n) is 2.94. The minimum Gasteiger partial charge on any atom is -0.481 e. The van der Waals surface area contributed by atoms with E-state index in [0.717, 1.165) is 0 Å². The summed E-state index contributed by atoms with van der Waals surface area (Å²) < 4.78 is 10.3. The van der Waals surface area contributed by atoms with E-state index in [1.807, 2.05) is 0 Å². The van der Waals surface area contributed by atoms with E-state index in [4.69, 9.17) is 9.47 Å². The van der Waals surface area contributed by atoms with Crippen LogP contribution in [0.3, 0.4) is 0 Å². The van der Waals surface area contributed by atoms with Crippen LogP contribution >= 0.6 is 11.8 Å². The highest BCUT2D eigenvalue weighted by Gasteiger charge is 2.26. The zero-order valence-corrected chi connectivity index (χ0v) is 16.0. The van der Waals surface area contributed by atoms with Crippen LogP contribution in [0.5, 0.6) is 11.8 Å². The molecule has 9 heteroatoms. The van der Waals surface area contributed by atoms with Crippen LogP contribution in [0.15, 0.2) is 16.3 Å². The largest absolute Gasteiger partial charge is 0.481 e. The summed E-state index contributed by atoms with van der Waals surface area (Å²) in [5, 5.41) is 4.47. The third kappa shape index (κ3) is 6.23. The first-order valence-corrected chi connectivity index (χ1v) is 8.19. The van der Waals surface area contributed by atoms with Gasteiger partial charge in [-0.3, -0.25) is 0 Å². The Morgan fingerprint density at radius 1 is 1.29 bits per heavy atom. The van der Waals surface area contributed by atoms with Crippen molar-refractivity contribution in [3.8, 4) is 11.8 Å². The van der Waals surface area contributed by atoms with Crippen LogP contribution in [-0.4, -0.2) is 60.7 Å². The second-order valence-electron chi connectivity index (χ2n) is 6.23. The lowest BCUT2D eigenvalue weighted by molar-refractivity contribution is 0.218. The molecule has 0 aliphatic carbocycles. The van der Waals surface area contributed by atoms with Gasteiger partial charge >= 0.3 is 6.03 Å². The van der Waals surface area contributed by atoms with Gasteiger partial charge in [0.05, 0.1) is 25.5 Å². The van der Waals surface area contributed by atoms with Crippen molar-refractivity contribution in [3.05, 3.63) is 6.07 Å². The molecule has 134 valence electrons. The zero-order chi connectivity index (χ0) is 18.3. The van der Waals surface area contributed by atoms with Crippen LogP contribution in [0.2, 0.25) is 0 Å². The van der Waals surface area contributed by atoms with Gasteiger partial charge in [-0.15, -0.1) is 0 Å². The molecule has 1 heterocycles. The van der Waals surface area contributed by atoms with E-state index in [-0.39, 0.29) is 16.7 Å². The van der Waals surface area contributed by atoms with Gasteiger partial charge in [-0.25, -0.2) is 10.2 Å². The summed E-state index contributed by atoms with van der Waals surface area (Å²) in [4.78, 5) is 21.6. The standard InChI is InChI=1S/C15H25N5O3S/c1-15(2,3)10(9-16-19-14(21)20(4)5)24-13-17-11(22-6)8-12(18-13)23-7/h8-10H,1-7H3,(H,19,21). The molecule has 0 spiro atoms. The molecule has 0 aromatic carbocycles. The fraction of sp³-hybridized carbons (Fsp3) is 0.600. The smallest absolute Gasteiger partial charge is 0.337 e. The SMILES string of the molecule is COc1cc(OC)nc(SC(C=NNC(=O)N(C)C)C(C)(C)C)n1. The Kier molecular flexibility index (Phi) is 7.27. The minimum atomic E-state index is -0.289. The number of nitrogens with zero attached hydrogens (tertiary/aromatic N) is 4. The molecule has 0 fully saturated rings. The molecule has 1 unspecified atom stereocenters. The Morgan fingerprint density at radius 2 is 1.83 bits per heavy atom. The Balaban J connectivity index is 2.95.